The van der Waals surface area contributed by atoms with Crippen molar-refractivity contribution in [3.8, 4) is 11.5 Å². The monoisotopic (exact) mass is 209 g/mol. The third-order valence-corrected chi connectivity index (χ3v) is 2.20. The lowest BCUT2D eigenvalue weighted by Gasteiger charge is -2.13. The number of aromatic hydroxyl groups is 2. The Bertz CT molecular complexity index is 385. The lowest BCUT2D eigenvalue weighted by Crippen LogP contribution is -2.26. The van der Waals surface area contributed by atoms with Crippen LogP contribution < -0.4 is 0 Å². The first-order valence-electron chi connectivity index (χ1n) is 4.65. The molecule has 5 nitrogen and oxygen atoms in total. The number of carbonyl (C=O) groups is 1. The predicted molar refractivity (Wildman–Crippen MR) is 51.4 cm³/mol. The molecule has 1 fully saturated rings. The minimum absolute atomic E-state index is 0.242. The van der Waals surface area contributed by atoms with Crippen molar-refractivity contribution in [1.82, 2.24) is 5.06 Å². The molecule has 2 N–H and O–H groups in total. The smallest absolute Gasteiger partial charge is 0.277 e. The molecule has 1 aromatic carbocycles. The molecule has 0 aliphatic carbocycles. The van der Waals surface area contributed by atoms with Crippen molar-refractivity contribution in [2.45, 2.75) is 6.42 Å². The van der Waals surface area contributed by atoms with E-state index in [0.29, 0.717) is 18.7 Å². The molecule has 2 rings (SSSR count). The van der Waals surface area contributed by atoms with Crippen molar-refractivity contribution < 1.29 is 19.8 Å². The minimum atomic E-state index is -0.306. The predicted octanol–water partition coefficient (Wildman–Crippen LogP) is 0.875. The van der Waals surface area contributed by atoms with E-state index in [1.165, 1.54) is 23.3 Å². The molecular formula is C10H11NO4. The summed E-state index contributed by atoms with van der Waals surface area (Å²) in [5.41, 5.74) is 0.298. The number of phenols is 2. The molecule has 0 radical (unpaired) electrons. The summed E-state index contributed by atoms with van der Waals surface area (Å²) in [4.78, 5) is 16.8. The van der Waals surface area contributed by atoms with Crippen LogP contribution in [0.15, 0.2) is 18.2 Å². The van der Waals surface area contributed by atoms with Gasteiger partial charge >= 0.3 is 0 Å². The molecule has 0 atom stereocenters. The van der Waals surface area contributed by atoms with Crippen molar-refractivity contribution in [1.29, 1.82) is 0 Å². The number of hydrogen-bond acceptors (Lipinski definition) is 4. The fourth-order valence-corrected chi connectivity index (χ4v) is 1.41. The Morgan fingerprint density at radius 1 is 1.33 bits per heavy atom. The van der Waals surface area contributed by atoms with Crippen LogP contribution in [0.25, 0.3) is 0 Å². The molecule has 0 bridgehead atoms. The van der Waals surface area contributed by atoms with Crippen molar-refractivity contribution >= 4 is 5.91 Å². The molecule has 0 spiro atoms. The number of hydrogen-bond donors (Lipinski definition) is 2. The maximum Gasteiger partial charge on any atom is 0.277 e. The molecular weight excluding hydrogens is 198 g/mol. The van der Waals surface area contributed by atoms with Crippen LogP contribution in [0, 0.1) is 0 Å². The van der Waals surface area contributed by atoms with Crippen LogP contribution in [0.4, 0.5) is 0 Å². The average Bonchev–Trinajstić information content (AvgIpc) is 2.74. The van der Waals surface area contributed by atoms with Crippen LogP contribution in [0.5, 0.6) is 11.5 Å². The third-order valence-electron chi connectivity index (χ3n) is 2.20. The van der Waals surface area contributed by atoms with Gasteiger partial charge in [-0.3, -0.25) is 9.63 Å². The van der Waals surface area contributed by atoms with E-state index in [-0.39, 0.29) is 17.4 Å². The largest absolute Gasteiger partial charge is 0.504 e. The SMILES string of the molecule is O=C(c1ccc(O)c(O)c1)N1CCCO1. The molecule has 80 valence electrons. The summed E-state index contributed by atoms with van der Waals surface area (Å²) < 4.78 is 0. The summed E-state index contributed by atoms with van der Waals surface area (Å²) in [5, 5.41) is 19.6. The molecule has 1 amide bonds. The van der Waals surface area contributed by atoms with Crippen LogP contribution in [0.2, 0.25) is 0 Å². The summed E-state index contributed by atoms with van der Waals surface area (Å²) in [5.74, 6) is -0.850. The first-order valence-corrected chi connectivity index (χ1v) is 4.65. The van der Waals surface area contributed by atoms with Crippen LogP contribution in [-0.2, 0) is 4.84 Å². The van der Waals surface area contributed by atoms with Gasteiger partial charge in [-0.05, 0) is 24.6 Å². The minimum Gasteiger partial charge on any atom is -0.504 e. The molecule has 5 heteroatoms. The molecule has 1 aromatic rings. The second kappa shape index (κ2) is 3.78. The maximum absolute atomic E-state index is 11.7. The standard InChI is InChI=1S/C10H11NO4/c12-8-3-2-7(6-9(8)13)10(14)11-4-1-5-15-11/h2-3,6,12-13H,1,4-5H2. The fourth-order valence-electron chi connectivity index (χ4n) is 1.41. The zero-order valence-electron chi connectivity index (χ0n) is 8.01. The number of rotatable bonds is 1. The van der Waals surface area contributed by atoms with Gasteiger partial charge in [-0.25, -0.2) is 5.06 Å². The van der Waals surface area contributed by atoms with E-state index < -0.39 is 0 Å². The summed E-state index contributed by atoms with van der Waals surface area (Å²) in [6.45, 7) is 1.09. The number of benzene rings is 1. The molecule has 1 heterocycles. The molecule has 0 unspecified atom stereocenters. The first kappa shape index (κ1) is 9.79. The highest BCUT2D eigenvalue weighted by Gasteiger charge is 2.21. The number of hydroxylamine groups is 2. The Balaban J connectivity index is 2.21. The second-order valence-corrected chi connectivity index (χ2v) is 3.30. The Morgan fingerprint density at radius 3 is 2.73 bits per heavy atom. The lowest BCUT2D eigenvalue weighted by atomic mass is 10.2. The van der Waals surface area contributed by atoms with Gasteiger partial charge in [0.2, 0.25) is 0 Å². The van der Waals surface area contributed by atoms with Gasteiger partial charge in [0, 0.05) is 5.56 Å². The van der Waals surface area contributed by atoms with Gasteiger partial charge in [0.25, 0.3) is 5.91 Å². The number of carbonyl (C=O) groups excluding carboxylic acids is 1. The van der Waals surface area contributed by atoms with E-state index in [4.69, 9.17) is 9.94 Å². The van der Waals surface area contributed by atoms with Crippen LogP contribution in [0.1, 0.15) is 16.8 Å². The maximum atomic E-state index is 11.7. The van der Waals surface area contributed by atoms with Gasteiger partial charge in [0.1, 0.15) is 0 Å². The second-order valence-electron chi connectivity index (χ2n) is 3.30. The van der Waals surface area contributed by atoms with E-state index in [9.17, 15) is 9.90 Å². The molecule has 0 saturated carbocycles. The molecule has 15 heavy (non-hydrogen) atoms. The Morgan fingerprint density at radius 2 is 2.13 bits per heavy atom. The lowest BCUT2D eigenvalue weighted by molar-refractivity contribution is -0.0768. The highest BCUT2D eigenvalue weighted by atomic mass is 16.7. The normalized spacial score (nSPS) is 15.6. The zero-order chi connectivity index (χ0) is 10.8. The van der Waals surface area contributed by atoms with Gasteiger partial charge in [-0.2, -0.15) is 0 Å². The van der Waals surface area contributed by atoms with E-state index >= 15 is 0 Å². The van der Waals surface area contributed by atoms with Crippen LogP contribution in [-0.4, -0.2) is 34.3 Å². The number of amides is 1. The van der Waals surface area contributed by atoms with E-state index in [0.717, 1.165) is 6.42 Å². The first-order chi connectivity index (χ1) is 7.18. The van der Waals surface area contributed by atoms with Crippen LogP contribution in [0.3, 0.4) is 0 Å². The van der Waals surface area contributed by atoms with Crippen molar-refractivity contribution in [2.24, 2.45) is 0 Å². The van der Waals surface area contributed by atoms with Gasteiger partial charge in [-0.1, -0.05) is 0 Å². The highest BCUT2D eigenvalue weighted by Crippen LogP contribution is 2.25. The van der Waals surface area contributed by atoms with E-state index in [1.807, 2.05) is 0 Å². The average molecular weight is 209 g/mol. The van der Waals surface area contributed by atoms with Gasteiger partial charge in [0.05, 0.1) is 13.2 Å². The topological polar surface area (TPSA) is 70.0 Å². The quantitative estimate of drug-likeness (QED) is 0.673. The van der Waals surface area contributed by atoms with Crippen molar-refractivity contribution in [3.05, 3.63) is 23.8 Å². The van der Waals surface area contributed by atoms with Gasteiger partial charge in [-0.15, -0.1) is 0 Å². The summed E-state index contributed by atoms with van der Waals surface area (Å²) in [6, 6.07) is 3.94. The third kappa shape index (κ3) is 1.87. The van der Waals surface area contributed by atoms with Crippen LogP contribution >= 0.6 is 0 Å². The van der Waals surface area contributed by atoms with Gasteiger partial charge < -0.3 is 10.2 Å². The Hall–Kier alpha value is -1.75. The molecule has 1 aliphatic rings. The fraction of sp³-hybridized carbons (Fsp3) is 0.300. The molecule has 0 aromatic heterocycles. The molecule has 1 saturated heterocycles. The summed E-state index contributed by atoms with van der Waals surface area (Å²) in [7, 11) is 0. The summed E-state index contributed by atoms with van der Waals surface area (Å²) in [6.07, 6.45) is 0.815. The highest BCUT2D eigenvalue weighted by molar-refractivity contribution is 5.94. The van der Waals surface area contributed by atoms with Gasteiger partial charge in [0.15, 0.2) is 11.5 Å². The number of nitrogens with zero attached hydrogens (tertiary/aromatic N) is 1. The Labute approximate surface area is 86.5 Å². The van der Waals surface area contributed by atoms with Crippen molar-refractivity contribution in [3.63, 3.8) is 0 Å². The molecule has 1 aliphatic heterocycles. The number of phenolic OH excluding ortho intramolecular Hbond substituents is 2. The summed E-state index contributed by atoms with van der Waals surface area (Å²) >= 11 is 0. The van der Waals surface area contributed by atoms with E-state index in [2.05, 4.69) is 0 Å². The zero-order valence-corrected chi connectivity index (χ0v) is 8.01. The van der Waals surface area contributed by atoms with E-state index in [1.54, 1.807) is 0 Å². The van der Waals surface area contributed by atoms with Crippen molar-refractivity contribution in [2.75, 3.05) is 13.2 Å². The Kier molecular flexibility index (Phi) is 2.47.